The Balaban J connectivity index is 1.60. The highest BCUT2D eigenvalue weighted by atomic mass is 32.2. The number of methoxy groups -OCH3 is 1. The van der Waals surface area contributed by atoms with E-state index in [0.717, 1.165) is 0 Å². The molecule has 3 aliphatic rings. The Hall–Kier alpha value is -1.20. The summed E-state index contributed by atoms with van der Waals surface area (Å²) in [5.74, 6) is -0.479. The lowest BCUT2D eigenvalue weighted by molar-refractivity contribution is -0.187. The second-order valence-corrected chi connectivity index (χ2v) is 12.3. The van der Waals surface area contributed by atoms with Gasteiger partial charge < -0.3 is 14.2 Å². The van der Waals surface area contributed by atoms with Crippen LogP contribution in [0, 0.1) is 6.92 Å². The van der Waals surface area contributed by atoms with Gasteiger partial charge in [-0.3, -0.25) is 4.90 Å². The van der Waals surface area contributed by atoms with E-state index in [9.17, 15) is 16.8 Å². The van der Waals surface area contributed by atoms with Gasteiger partial charge in [-0.15, -0.1) is 0 Å². The number of sulfone groups is 2. The Morgan fingerprint density at radius 1 is 1.14 bits per heavy atom. The summed E-state index contributed by atoms with van der Waals surface area (Å²) in [7, 11) is -5.74. The fourth-order valence-electron chi connectivity index (χ4n) is 4.62. The maximum absolute atomic E-state index is 13.4. The van der Waals surface area contributed by atoms with Crippen molar-refractivity contribution < 1.29 is 31.0 Å². The molecule has 0 bridgehead atoms. The van der Waals surface area contributed by atoms with E-state index in [0.29, 0.717) is 50.5 Å². The van der Waals surface area contributed by atoms with Crippen LogP contribution in [0.5, 0.6) is 5.75 Å². The molecule has 1 aromatic carbocycles. The number of hydrogen-bond acceptors (Lipinski definition) is 8. The van der Waals surface area contributed by atoms with Crippen LogP contribution in [0.3, 0.4) is 0 Å². The third kappa shape index (κ3) is 3.93. The van der Waals surface area contributed by atoms with Gasteiger partial charge in [-0.2, -0.15) is 0 Å². The van der Waals surface area contributed by atoms with Crippen LogP contribution in [0.25, 0.3) is 0 Å². The van der Waals surface area contributed by atoms with E-state index < -0.39 is 36.8 Å². The Bertz CT molecular complexity index is 974. The molecule has 0 N–H and O–H groups in total. The number of piperidine rings is 1. The molecule has 0 aromatic heterocycles. The molecular formula is C19H27NO7S2. The van der Waals surface area contributed by atoms with Crippen molar-refractivity contribution in [3.63, 3.8) is 0 Å². The first kappa shape index (κ1) is 21.0. The van der Waals surface area contributed by atoms with E-state index in [2.05, 4.69) is 0 Å². The predicted molar refractivity (Wildman–Crippen MR) is 107 cm³/mol. The first-order valence-electron chi connectivity index (χ1n) is 9.77. The summed E-state index contributed by atoms with van der Waals surface area (Å²) in [6.45, 7) is 3.99. The van der Waals surface area contributed by atoms with E-state index in [-0.39, 0.29) is 16.4 Å². The van der Waals surface area contributed by atoms with E-state index in [1.807, 2.05) is 4.90 Å². The molecule has 0 aliphatic carbocycles. The molecule has 162 valence electrons. The molecule has 0 amide bonds. The Labute approximate surface area is 172 Å². The van der Waals surface area contributed by atoms with E-state index in [4.69, 9.17) is 14.2 Å². The normalized spacial score (nSPS) is 29.3. The molecule has 8 nitrogen and oxygen atoms in total. The molecule has 0 saturated carbocycles. The van der Waals surface area contributed by atoms with Crippen LogP contribution in [0.2, 0.25) is 0 Å². The lowest BCUT2D eigenvalue weighted by Gasteiger charge is -2.41. The molecule has 3 aliphatic heterocycles. The van der Waals surface area contributed by atoms with Gasteiger partial charge in [-0.05, 0) is 30.7 Å². The van der Waals surface area contributed by atoms with Gasteiger partial charge in [-0.25, -0.2) is 16.8 Å². The molecular weight excluding hydrogens is 418 g/mol. The quantitative estimate of drug-likeness (QED) is 0.671. The number of nitrogens with zero attached hydrogens (tertiary/aromatic N) is 1. The highest BCUT2D eigenvalue weighted by molar-refractivity contribution is 7.96. The fraction of sp³-hybridized carbons (Fsp3) is 0.684. The topological polar surface area (TPSA) is 99.2 Å². The fourth-order valence-corrected chi connectivity index (χ4v) is 9.53. The van der Waals surface area contributed by atoms with Crippen molar-refractivity contribution in [3.8, 4) is 5.75 Å². The monoisotopic (exact) mass is 445 g/mol. The molecule has 0 radical (unpaired) electrons. The highest BCUT2D eigenvalue weighted by Crippen LogP contribution is 2.36. The van der Waals surface area contributed by atoms with Gasteiger partial charge in [0, 0.05) is 32.0 Å². The molecule has 1 aromatic rings. The Morgan fingerprint density at radius 3 is 2.38 bits per heavy atom. The van der Waals surface area contributed by atoms with Gasteiger partial charge >= 0.3 is 0 Å². The van der Waals surface area contributed by atoms with Crippen molar-refractivity contribution in [2.75, 3.05) is 44.9 Å². The summed E-state index contributed by atoms with van der Waals surface area (Å²) in [6.07, 6.45) is 1.22. The lowest BCUT2D eigenvalue weighted by atomic mass is 10.0. The van der Waals surface area contributed by atoms with Crippen LogP contribution in [-0.4, -0.2) is 83.7 Å². The highest BCUT2D eigenvalue weighted by Gasteiger charge is 2.50. The molecule has 10 heteroatoms. The summed E-state index contributed by atoms with van der Waals surface area (Å²) < 4.78 is 68.3. The van der Waals surface area contributed by atoms with Crippen LogP contribution >= 0.6 is 0 Å². The number of rotatable bonds is 4. The largest absolute Gasteiger partial charge is 0.496 e. The van der Waals surface area contributed by atoms with Crippen LogP contribution in [0.4, 0.5) is 0 Å². The average Bonchev–Trinajstić information content (AvgIpc) is 3.26. The van der Waals surface area contributed by atoms with Crippen LogP contribution < -0.4 is 4.74 Å². The molecule has 3 fully saturated rings. The minimum absolute atomic E-state index is 0.138. The minimum atomic E-state index is -3.82. The van der Waals surface area contributed by atoms with Gasteiger partial charge in [0.1, 0.15) is 5.75 Å². The van der Waals surface area contributed by atoms with Crippen LogP contribution in [0.15, 0.2) is 23.1 Å². The molecule has 0 unspecified atom stereocenters. The SMILES string of the molecule is COc1ccc(S(=O)(=O)[C@H]2CS(=O)(=O)C[C@@H]2N2CCC3(CC2)OCCO3)cc1C. The zero-order valence-corrected chi connectivity index (χ0v) is 18.3. The van der Waals surface area contributed by atoms with Crippen molar-refractivity contribution >= 4 is 19.7 Å². The van der Waals surface area contributed by atoms with Crippen LogP contribution in [0.1, 0.15) is 18.4 Å². The Kier molecular flexibility index (Phi) is 5.44. The van der Waals surface area contributed by atoms with Crippen molar-refractivity contribution in [2.45, 2.75) is 41.7 Å². The number of hydrogen-bond donors (Lipinski definition) is 0. The van der Waals surface area contributed by atoms with Crippen molar-refractivity contribution in [2.24, 2.45) is 0 Å². The second kappa shape index (κ2) is 7.49. The van der Waals surface area contributed by atoms with E-state index in [1.54, 1.807) is 19.1 Å². The summed E-state index contributed by atoms with van der Waals surface area (Å²) >= 11 is 0. The maximum Gasteiger partial charge on any atom is 0.183 e. The third-order valence-electron chi connectivity index (χ3n) is 6.21. The number of ether oxygens (including phenoxy) is 3. The molecule has 2 atom stereocenters. The average molecular weight is 446 g/mol. The summed E-state index contributed by atoms with van der Waals surface area (Å²) in [6, 6.07) is 4.10. The molecule has 3 saturated heterocycles. The van der Waals surface area contributed by atoms with Crippen molar-refractivity contribution in [3.05, 3.63) is 23.8 Å². The lowest BCUT2D eigenvalue weighted by Crippen LogP contribution is -2.53. The minimum Gasteiger partial charge on any atom is -0.496 e. The zero-order valence-electron chi connectivity index (χ0n) is 16.7. The predicted octanol–water partition coefficient (Wildman–Crippen LogP) is 0.782. The van der Waals surface area contributed by atoms with Crippen molar-refractivity contribution in [1.29, 1.82) is 0 Å². The second-order valence-electron chi connectivity index (χ2n) is 8.00. The Morgan fingerprint density at radius 2 is 1.79 bits per heavy atom. The van der Waals surface area contributed by atoms with Gasteiger partial charge in [0.05, 0.1) is 42.0 Å². The number of aryl methyl sites for hydroxylation is 1. The third-order valence-corrected chi connectivity index (χ3v) is 10.3. The molecule has 1 spiro atoms. The number of benzene rings is 1. The smallest absolute Gasteiger partial charge is 0.183 e. The molecule has 29 heavy (non-hydrogen) atoms. The number of likely N-dealkylation sites (tertiary alicyclic amines) is 1. The summed E-state index contributed by atoms with van der Waals surface area (Å²) in [4.78, 5) is 2.12. The van der Waals surface area contributed by atoms with Gasteiger partial charge in [-0.1, -0.05) is 0 Å². The first-order chi connectivity index (χ1) is 13.7. The molecule has 4 rings (SSSR count). The van der Waals surface area contributed by atoms with Crippen molar-refractivity contribution in [1.82, 2.24) is 4.90 Å². The van der Waals surface area contributed by atoms with E-state index >= 15 is 0 Å². The van der Waals surface area contributed by atoms with Gasteiger partial charge in [0.2, 0.25) is 0 Å². The molecule has 3 heterocycles. The first-order valence-corrected chi connectivity index (χ1v) is 13.1. The summed E-state index contributed by atoms with van der Waals surface area (Å²) in [5.41, 5.74) is 0.696. The summed E-state index contributed by atoms with van der Waals surface area (Å²) in [5, 5.41) is -0.986. The standard InChI is InChI=1S/C19H27NO7S2/c1-14-11-15(3-4-17(14)25-2)29(23,24)18-13-28(21,22)12-16(18)20-7-5-19(6-8-20)26-9-10-27-19/h3-4,11,16,18H,5-10,12-13H2,1-2H3/t16-,18-/m0/s1. The van der Waals surface area contributed by atoms with E-state index in [1.165, 1.54) is 13.2 Å². The van der Waals surface area contributed by atoms with Crippen LogP contribution in [-0.2, 0) is 29.1 Å². The van der Waals surface area contributed by atoms with Gasteiger partial charge in [0.15, 0.2) is 25.5 Å². The zero-order chi connectivity index (χ0) is 20.9. The maximum atomic E-state index is 13.4. The van der Waals surface area contributed by atoms with Gasteiger partial charge in [0.25, 0.3) is 0 Å².